The van der Waals surface area contributed by atoms with Crippen LogP contribution in [0.25, 0.3) is 0 Å². The van der Waals surface area contributed by atoms with Crippen LogP contribution in [-0.2, 0) is 4.79 Å². The fourth-order valence-corrected chi connectivity index (χ4v) is 2.90. The summed E-state index contributed by atoms with van der Waals surface area (Å²) >= 11 is 0. The van der Waals surface area contributed by atoms with E-state index in [0.29, 0.717) is 45.7 Å². The molecule has 0 saturated carbocycles. The molecule has 0 unspecified atom stereocenters. The maximum atomic E-state index is 12.4. The highest BCUT2D eigenvalue weighted by atomic mass is 16.7. The first-order chi connectivity index (χ1) is 14.0. The Hall–Kier alpha value is -3.62. The molecule has 9 heteroatoms. The Labute approximate surface area is 167 Å². The summed E-state index contributed by atoms with van der Waals surface area (Å²) in [6, 6.07) is 6.52. The Morgan fingerprint density at radius 1 is 0.966 bits per heavy atom. The van der Waals surface area contributed by atoms with Crippen LogP contribution >= 0.6 is 0 Å². The number of amides is 1. The van der Waals surface area contributed by atoms with Gasteiger partial charge in [0.2, 0.25) is 18.4 Å². The molecule has 2 aromatic rings. The van der Waals surface area contributed by atoms with Gasteiger partial charge in [0.15, 0.2) is 28.8 Å². The lowest BCUT2D eigenvalue weighted by molar-refractivity contribution is -0.114. The molecule has 0 aromatic heterocycles. The first kappa shape index (κ1) is 20.1. The van der Waals surface area contributed by atoms with E-state index in [2.05, 4.69) is 10.6 Å². The van der Waals surface area contributed by atoms with Gasteiger partial charge in [-0.3, -0.25) is 9.59 Å². The van der Waals surface area contributed by atoms with Crippen molar-refractivity contribution in [2.45, 2.75) is 6.92 Å². The van der Waals surface area contributed by atoms with Crippen LogP contribution in [-0.4, -0.2) is 46.4 Å². The molecule has 0 atom stereocenters. The van der Waals surface area contributed by atoms with E-state index in [-0.39, 0.29) is 25.0 Å². The van der Waals surface area contributed by atoms with Crippen LogP contribution in [0.2, 0.25) is 0 Å². The summed E-state index contributed by atoms with van der Waals surface area (Å²) < 4.78 is 26.5. The standard InChI is InChI=1S/C20H22N2O7/c1-11(23)13-7-15-16(29-10-28-15)8-14(13)22-19(24)9-21-12-5-17(25-2)20(27-4)18(6-12)26-3/h5-8,21H,9-10H2,1-4H3,(H,22,24). The molecule has 1 aliphatic heterocycles. The molecule has 1 heterocycles. The fourth-order valence-electron chi connectivity index (χ4n) is 2.90. The Bertz CT molecular complexity index is 918. The summed E-state index contributed by atoms with van der Waals surface area (Å²) in [6.45, 7) is 1.44. The third-order valence-electron chi connectivity index (χ3n) is 4.28. The number of ketones is 1. The van der Waals surface area contributed by atoms with Crippen molar-refractivity contribution in [3.8, 4) is 28.7 Å². The van der Waals surface area contributed by atoms with Crippen molar-refractivity contribution in [1.82, 2.24) is 0 Å². The van der Waals surface area contributed by atoms with Gasteiger partial charge < -0.3 is 34.3 Å². The van der Waals surface area contributed by atoms with E-state index in [0.717, 1.165) is 0 Å². The number of carbonyl (C=O) groups is 2. The highest BCUT2D eigenvalue weighted by molar-refractivity contribution is 6.05. The number of nitrogens with one attached hydrogen (secondary N) is 2. The summed E-state index contributed by atoms with van der Waals surface area (Å²) in [5, 5.41) is 5.72. The van der Waals surface area contributed by atoms with Gasteiger partial charge in [-0.05, 0) is 13.0 Å². The van der Waals surface area contributed by atoms with Gasteiger partial charge in [0.25, 0.3) is 0 Å². The maximum Gasteiger partial charge on any atom is 0.243 e. The summed E-state index contributed by atoms with van der Waals surface area (Å²) in [5.74, 6) is 1.79. The first-order valence-electron chi connectivity index (χ1n) is 8.75. The molecular formula is C20H22N2O7. The minimum absolute atomic E-state index is 0.0512. The molecule has 0 saturated heterocycles. The number of fused-ring (bicyclic) bond motifs is 1. The van der Waals surface area contributed by atoms with Crippen molar-refractivity contribution in [2.24, 2.45) is 0 Å². The van der Waals surface area contributed by atoms with E-state index in [1.165, 1.54) is 28.3 Å². The van der Waals surface area contributed by atoms with Crippen LogP contribution in [0.3, 0.4) is 0 Å². The minimum Gasteiger partial charge on any atom is -0.493 e. The van der Waals surface area contributed by atoms with Crippen LogP contribution in [0.15, 0.2) is 24.3 Å². The van der Waals surface area contributed by atoms with Crippen molar-refractivity contribution in [1.29, 1.82) is 0 Å². The van der Waals surface area contributed by atoms with Crippen LogP contribution in [0.1, 0.15) is 17.3 Å². The zero-order chi connectivity index (χ0) is 21.0. The van der Waals surface area contributed by atoms with Crippen LogP contribution in [0.4, 0.5) is 11.4 Å². The molecule has 9 nitrogen and oxygen atoms in total. The topological polar surface area (TPSA) is 104 Å². The third-order valence-corrected chi connectivity index (χ3v) is 4.28. The SMILES string of the molecule is COc1cc(NCC(=O)Nc2cc3c(cc2C(C)=O)OCO3)cc(OC)c1OC. The first-order valence-corrected chi connectivity index (χ1v) is 8.75. The molecule has 0 fully saturated rings. The zero-order valence-corrected chi connectivity index (χ0v) is 16.6. The summed E-state index contributed by atoms with van der Waals surface area (Å²) in [7, 11) is 4.53. The smallest absolute Gasteiger partial charge is 0.243 e. The molecular weight excluding hydrogens is 380 g/mol. The predicted octanol–water partition coefficient (Wildman–Crippen LogP) is 2.69. The number of methoxy groups -OCH3 is 3. The lowest BCUT2D eigenvalue weighted by Crippen LogP contribution is -2.22. The van der Waals surface area contributed by atoms with E-state index in [1.54, 1.807) is 24.3 Å². The van der Waals surface area contributed by atoms with Gasteiger partial charge >= 0.3 is 0 Å². The summed E-state index contributed by atoms with van der Waals surface area (Å²) in [4.78, 5) is 24.4. The molecule has 0 bridgehead atoms. The summed E-state index contributed by atoms with van der Waals surface area (Å²) in [6.07, 6.45) is 0. The van der Waals surface area contributed by atoms with Gasteiger partial charge in [-0.2, -0.15) is 0 Å². The van der Waals surface area contributed by atoms with Crippen molar-refractivity contribution in [3.63, 3.8) is 0 Å². The number of rotatable bonds is 8. The van der Waals surface area contributed by atoms with E-state index in [4.69, 9.17) is 23.7 Å². The quantitative estimate of drug-likeness (QED) is 0.650. The predicted molar refractivity (Wildman–Crippen MR) is 106 cm³/mol. The van der Waals surface area contributed by atoms with Gasteiger partial charge in [-0.15, -0.1) is 0 Å². The number of ether oxygens (including phenoxy) is 5. The molecule has 0 radical (unpaired) electrons. The third kappa shape index (κ3) is 4.29. The molecule has 2 aromatic carbocycles. The van der Waals surface area contributed by atoms with Gasteiger partial charge in [-0.25, -0.2) is 0 Å². The summed E-state index contributed by atoms with van der Waals surface area (Å²) in [5.41, 5.74) is 1.31. The zero-order valence-electron chi connectivity index (χ0n) is 16.6. The highest BCUT2D eigenvalue weighted by Gasteiger charge is 2.20. The minimum atomic E-state index is -0.347. The molecule has 1 aliphatic rings. The van der Waals surface area contributed by atoms with Gasteiger partial charge in [0.1, 0.15) is 0 Å². The van der Waals surface area contributed by atoms with E-state index in [1.807, 2.05) is 0 Å². The normalized spacial score (nSPS) is 11.6. The second-order valence-electron chi connectivity index (χ2n) is 6.12. The van der Waals surface area contributed by atoms with Gasteiger partial charge in [-0.1, -0.05) is 0 Å². The molecule has 3 rings (SSSR count). The number of benzene rings is 2. The van der Waals surface area contributed by atoms with Crippen molar-refractivity contribution >= 4 is 23.1 Å². The largest absolute Gasteiger partial charge is 0.493 e. The van der Waals surface area contributed by atoms with Crippen molar-refractivity contribution in [2.75, 3.05) is 45.3 Å². The Morgan fingerprint density at radius 3 is 2.14 bits per heavy atom. The molecule has 1 amide bonds. The van der Waals surface area contributed by atoms with Gasteiger partial charge in [0, 0.05) is 29.4 Å². The number of carbonyl (C=O) groups excluding carboxylic acids is 2. The number of anilines is 2. The second-order valence-corrected chi connectivity index (χ2v) is 6.12. The van der Waals surface area contributed by atoms with Gasteiger partial charge in [0.05, 0.1) is 33.6 Å². The lowest BCUT2D eigenvalue weighted by atomic mass is 10.1. The highest BCUT2D eigenvalue weighted by Crippen LogP contribution is 2.40. The molecule has 29 heavy (non-hydrogen) atoms. The Balaban J connectivity index is 1.73. The number of hydrogen-bond donors (Lipinski definition) is 2. The molecule has 2 N–H and O–H groups in total. The Kier molecular flexibility index (Phi) is 5.96. The van der Waals surface area contributed by atoms with Crippen LogP contribution < -0.4 is 34.3 Å². The number of Topliss-reactive ketones (excluding diaryl/α,β-unsaturated/α-hetero) is 1. The molecule has 0 spiro atoms. The van der Waals surface area contributed by atoms with Crippen molar-refractivity contribution in [3.05, 3.63) is 29.8 Å². The average Bonchev–Trinajstić information content (AvgIpc) is 3.17. The lowest BCUT2D eigenvalue weighted by Gasteiger charge is -2.15. The molecule has 154 valence electrons. The van der Waals surface area contributed by atoms with Crippen LogP contribution in [0.5, 0.6) is 28.7 Å². The monoisotopic (exact) mass is 402 g/mol. The van der Waals surface area contributed by atoms with Crippen molar-refractivity contribution < 1.29 is 33.3 Å². The maximum absolute atomic E-state index is 12.4. The van der Waals surface area contributed by atoms with E-state index in [9.17, 15) is 9.59 Å². The fraction of sp³-hybridized carbons (Fsp3) is 0.300. The average molecular weight is 402 g/mol. The second kappa shape index (κ2) is 8.59. The van der Waals surface area contributed by atoms with Crippen LogP contribution in [0, 0.1) is 0 Å². The number of hydrogen-bond acceptors (Lipinski definition) is 8. The Morgan fingerprint density at radius 2 is 1.59 bits per heavy atom. The molecule has 0 aliphatic carbocycles. The van der Waals surface area contributed by atoms with E-state index >= 15 is 0 Å². The van der Waals surface area contributed by atoms with E-state index < -0.39 is 0 Å².